The van der Waals surface area contributed by atoms with Crippen molar-refractivity contribution in [2.75, 3.05) is 11.6 Å². The molecule has 1 rings (SSSR count). The van der Waals surface area contributed by atoms with Crippen LogP contribution >= 0.6 is 0 Å². The Balaban J connectivity index is 2.67. The van der Waals surface area contributed by atoms with Crippen molar-refractivity contribution in [1.29, 1.82) is 0 Å². The first-order valence-electron chi connectivity index (χ1n) is 6.86. The molecule has 1 N–H and O–H groups in total. The average molecular weight is 283 g/mol. The van der Waals surface area contributed by atoms with E-state index in [1.165, 1.54) is 12.7 Å². The van der Waals surface area contributed by atoms with Crippen LogP contribution in [0, 0.1) is 5.92 Å². The minimum absolute atomic E-state index is 0.279. The van der Waals surface area contributed by atoms with E-state index >= 15 is 0 Å². The largest absolute Gasteiger partial charge is 0.382 e. The quantitative estimate of drug-likeness (QED) is 0.829. The van der Waals surface area contributed by atoms with Crippen molar-refractivity contribution in [2.24, 2.45) is 5.92 Å². The summed E-state index contributed by atoms with van der Waals surface area (Å²) < 4.78 is 23.4. The zero-order valence-electron chi connectivity index (χ0n) is 12.3. The van der Waals surface area contributed by atoms with Gasteiger partial charge in [0.2, 0.25) is 0 Å². The third-order valence-electron chi connectivity index (χ3n) is 3.11. The van der Waals surface area contributed by atoms with Crippen LogP contribution in [0.2, 0.25) is 0 Å². The second-order valence-electron chi connectivity index (χ2n) is 5.64. The fraction of sp³-hybridized carbons (Fsp3) is 0.600. The van der Waals surface area contributed by atoms with Gasteiger partial charge in [-0.2, -0.15) is 0 Å². The first-order chi connectivity index (χ1) is 8.80. The molecule has 1 atom stereocenters. The topological polar surface area (TPSA) is 46.2 Å². The molecule has 0 radical (unpaired) electrons. The first-order valence-corrected chi connectivity index (χ1v) is 8.75. The zero-order valence-corrected chi connectivity index (χ0v) is 13.1. The Bertz CT molecular complexity index is 495. The van der Waals surface area contributed by atoms with Crippen molar-refractivity contribution in [3.8, 4) is 0 Å². The summed E-state index contributed by atoms with van der Waals surface area (Å²) >= 11 is 0. The summed E-state index contributed by atoms with van der Waals surface area (Å²) in [5.74, 6) is 0.718. The van der Waals surface area contributed by atoms with Gasteiger partial charge in [-0.25, -0.2) is 8.42 Å². The lowest BCUT2D eigenvalue weighted by Gasteiger charge is -2.17. The SMILES string of the molecule is CC(C)CCCC(C)Nc1ccccc1S(C)(=O)=O. The highest BCUT2D eigenvalue weighted by atomic mass is 32.2. The van der Waals surface area contributed by atoms with Gasteiger partial charge in [-0.05, 0) is 31.4 Å². The Labute approximate surface area is 117 Å². The highest BCUT2D eigenvalue weighted by Crippen LogP contribution is 2.22. The highest BCUT2D eigenvalue weighted by Gasteiger charge is 2.13. The standard InChI is InChI=1S/C15H25NO2S/c1-12(2)8-7-9-13(3)16-14-10-5-6-11-15(14)19(4,17)18/h5-6,10-13,16H,7-9H2,1-4H3. The first kappa shape index (κ1) is 16.0. The molecule has 0 amide bonds. The maximum absolute atomic E-state index is 11.7. The van der Waals surface area contributed by atoms with Crippen LogP contribution < -0.4 is 5.32 Å². The van der Waals surface area contributed by atoms with Crippen molar-refractivity contribution in [3.63, 3.8) is 0 Å². The number of rotatable bonds is 7. The van der Waals surface area contributed by atoms with E-state index in [9.17, 15) is 8.42 Å². The summed E-state index contributed by atoms with van der Waals surface area (Å²) in [5.41, 5.74) is 0.710. The number of nitrogens with one attached hydrogen (secondary N) is 1. The van der Waals surface area contributed by atoms with E-state index in [-0.39, 0.29) is 6.04 Å². The van der Waals surface area contributed by atoms with E-state index in [0.717, 1.165) is 18.8 Å². The Morgan fingerprint density at radius 2 is 1.74 bits per heavy atom. The number of sulfone groups is 1. The summed E-state index contributed by atoms with van der Waals surface area (Å²) in [4.78, 5) is 0.380. The molecule has 1 aromatic rings. The van der Waals surface area contributed by atoms with Crippen LogP contribution in [0.25, 0.3) is 0 Å². The Morgan fingerprint density at radius 1 is 1.11 bits per heavy atom. The molecule has 19 heavy (non-hydrogen) atoms. The van der Waals surface area contributed by atoms with E-state index in [4.69, 9.17) is 0 Å². The molecule has 0 saturated carbocycles. The number of para-hydroxylation sites is 1. The molecule has 1 unspecified atom stereocenters. The molecule has 0 aliphatic rings. The van der Waals surface area contributed by atoms with Gasteiger partial charge in [-0.3, -0.25) is 0 Å². The average Bonchev–Trinajstić information content (AvgIpc) is 2.27. The van der Waals surface area contributed by atoms with Gasteiger partial charge in [0.15, 0.2) is 9.84 Å². The van der Waals surface area contributed by atoms with Crippen LogP contribution in [0.4, 0.5) is 5.69 Å². The smallest absolute Gasteiger partial charge is 0.177 e. The minimum Gasteiger partial charge on any atom is -0.382 e. The van der Waals surface area contributed by atoms with Crippen molar-refractivity contribution < 1.29 is 8.42 Å². The molecule has 0 spiro atoms. The van der Waals surface area contributed by atoms with Gasteiger partial charge < -0.3 is 5.32 Å². The van der Waals surface area contributed by atoms with Crippen molar-refractivity contribution in [3.05, 3.63) is 24.3 Å². The van der Waals surface area contributed by atoms with Crippen LogP contribution in [0.5, 0.6) is 0 Å². The zero-order chi connectivity index (χ0) is 14.5. The van der Waals surface area contributed by atoms with Gasteiger partial charge >= 0.3 is 0 Å². The molecule has 0 aliphatic carbocycles. The fourth-order valence-corrected chi connectivity index (χ4v) is 2.93. The van der Waals surface area contributed by atoms with Gasteiger partial charge in [-0.1, -0.05) is 38.8 Å². The molecule has 0 fully saturated rings. The molecule has 1 aromatic carbocycles. The van der Waals surface area contributed by atoms with Crippen LogP contribution in [-0.4, -0.2) is 20.7 Å². The number of anilines is 1. The molecular formula is C15H25NO2S. The van der Waals surface area contributed by atoms with Gasteiger partial charge in [0, 0.05) is 12.3 Å². The lowest BCUT2D eigenvalue weighted by molar-refractivity contribution is 0.520. The highest BCUT2D eigenvalue weighted by molar-refractivity contribution is 7.90. The van der Waals surface area contributed by atoms with E-state index in [1.807, 2.05) is 12.1 Å². The molecule has 0 aromatic heterocycles. The van der Waals surface area contributed by atoms with E-state index < -0.39 is 9.84 Å². The van der Waals surface area contributed by atoms with E-state index in [0.29, 0.717) is 10.6 Å². The summed E-state index contributed by atoms with van der Waals surface area (Å²) in [6, 6.07) is 7.37. The second-order valence-corrected chi connectivity index (χ2v) is 7.62. The summed E-state index contributed by atoms with van der Waals surface area (Å²) in [5, 5.41) is 3.31. The summed E-state index contributed by atoms with van der Waals surface area (Å²) in [6.45, 7) is 6.54. The van der Waals surface area contributed by atoms with Crippen molar-refractivity contribution >= 4 is 15.5 Å². The minimum atomic E-state index is -3.18. The monoisotopic (exact) mass is 283 g/mol. The van der Waals surface area contributed by atoms with Crippen LogP contribution in [0.3, 0.4) is 0 Å². The lowest BCUT2D eigenvalue weighted by atomic mass is 10.0. The third-order valence-corrected chi connectivity index (χ3v) is 4.26. The molecule has 0 heterocycles. The van der Waals surface area contributed by atoms with Crippen molar-refractivity contribution in [1.82, 2.24) is 0 Å². The molecule has 0 bridgehead atoms. The summed E-state index contributed by atoms with van der Waals surface area (Å²) in [7, 11) is -3.18. The molecule has 108 valence electrons. The Morgan fingerprint density at radius 3 is 2.32 bits per heavy atom. The number of hydrogen-bond acceptors (Lipinski definition) is 3. The third kappa shape index (κ3) is 5.64. The molecular weight excluding hydrogens is 258 g/mol. The van der Waals surface area contributed by atoms with Gasteiger partial charge in [0.05, 0.1) is 10.6 Å². The number of hydrogen-bond donors (Lipinski definition) is 1. The van der Waals surface area contributed by atoms with Crippen LogP contribution in [0.15, 0.2) is 29.2 Å². The van der Waals surface area contributed by atoms with E-state index in [1.54, 1.807) is 12.1 Å². The predicted molar refractivity (Wildman–Crippen MR) is 81.3 cm³/mol. The molecule has 0 saturated heterocycles. The normalized spacial score (nSPS) is 13.5. The second kappa shape index (κ2) is 6.94. The van der Waals surface area contributed by atoms with Gasteiger partial charge in [-0.15, -0.1) is 0 Å². The predicted octanol–water partition coefficient (Wildman–Crippen LogP) is 3.72. The lowest BCUT2D eigenvalue weighted by Crippen LogP contribution is -2.17. The number of benzene rings is 1. The van der Waals surface area contributed by atoms with E-state index in [2.05, 4.69) is 26.1 Å². The molecule has 3 nitrogen and oxygen atoms in total. The molecule has 4 heteroatoms. The van der Waals surface area contributed by atoms with Gasteiger partial charge in [0.1, 0.15) is 0 Å². The maximum atomic E-state index is 11.7. The van der Waals surface area contributed by atoms with Gasteiger partial charge in [0.25, 0.3) is 0 Å². The Hall–Kier alpha value is -1.03. The van der Waals surface area contributed by atoms with Crippen molar-refractivity contribution in [2.45, 2.75) is 51.0 Å². The molecule has 0 aliphatic heterocycles. The summed E-state index contributed by atoms with van der Waals surface area (Å²) in [6.07, 6.45) is 4.67. The van der Waals surface area contributed by atoms with Crippen LogP contribution in [-0.2, 0) is 9.84 Å². The van der Waals surface area contributed by atoms with Crippen LogP contribution in [0.1, 0.15) is 40.0 Å². The Kier molecular flexibility index (Phi) is 5.85. The fourth-order valence-electron chi connectivity index (χ4n) is 2.08. The maximum Gasteiger partial charge on any atom is 0.177 e.